The number of H-pyrrole nitrogens is 2. The fourth-order valence-electron chi connectivity index (χ4n) is 6.06. The van der Waals surface area contributed by atoms with E-state index >= 15 is 0 Å². The molecule has 0 bridgehead atoms. The van der Waals surface area contributed by atoms with E-state index in [0.29, 0.717) is 5.92 Å². The number of nitrogens with zero attached hydrogens (tertiary/aromatic N) is 2. The van der Waals surface area contributed by atoms with Crippen molar-refractivity contribution in [3.05, 3.63) is 90.8 Å². The fraction of sp³-hybridized carbons (Fsp3) is 0.118. The molecule has 2 aromatic heterocycles. The van der Waals surface area contributed by atoms with E-state index in [1.807, 2.05) is 7.05 Å². The van der Waals surface area contributed by atoms with Gasteiger partial charge in [-0.1, -0.05) is 80.6 Å². The molecule has 0 aliphatic heterocycles. The van der Waals surface area contributed by atoms with Crippen LogP contribution in [0.3, 0.4) is 0 Å². The fourth-order valence-corrected chi connectivity index (χ4v) is 6.06. The zero-order valence-corrected chi connectivity index (χ0v) is 22.1. The maximum Gasteiger partial charge on any atom is 0.200 e. The second kappa shape index (κ2) is 8.05. The normalized spacial score (nSPS) is 12.2. The summed E-state index contributed by atoms with van der Waals surface area (Å²) in [6.07, 6.45) is 0. The Bertz CT molecular complexity index is 2250. The minimum Gasteiger partial charge on any atom is -0.359 e. The Balaban J connectivity index is 1.33. The number of anilines is 1. The number of aromatic amines is 2. The predicted octanol–water partition coefficient (Wildman–Crippen LogP) is 8.88. The second-order valence-corrected chi connectivity index (χ2v) is 10.7. The van der Waals surface area contributed by atoms with Gasteiger partial charge in [0.1, 0.15) is 5.82 Å². The van der Waals surface area contributed by atoms with Crippen molar-refractivity contribution in [3.8, 4) is 11.1 Å². The molecule has 0 atom stereocenters. The molecule has 2 heterocycles. The number of rotatable bonds is 3. The number of aromatic nitrogens is 4. The van der Waals surface area contributed by atoms with Crippen molar-refractivity contribution in [1.29, 1.82) is 0 Å². The van der Waals surface area contributed by atoms with E-state index in [9.17, 15) is 0 Å². The zero-order chi connectivity index (χ0) is 26.2. The first kappa shape index (κ1) is 22.1. The summed E-state index contributed by atoms with van der Waals surface area (Å²) >= 11 is 0. The molecule has 0 saturated carbocycles. The van der Waals surface area contributed by atoms with Gasteiger partial charge in [-0.15, -0.1) is 0 Å². The summed E-state index contributed by atoms with van der Waals surface area (Å²) in [5.74, 6) is 2.15. The SMILES string of the molecule is CNc1nc2c(ccc3c4ccc(-c5ccc6c(c5)c5ccccc5c5nc(C(C)C)[nH]c65)cc4ccc32)[nH]1. The smallest absolute Gasteiger partial charge is 0.200 e. The summed E-state index contributed by atoms with van der Waals surface area (Å²) in [6, 6.07) is 31.0. The number of nitrogens with one attached hydrogen (secondary N) is 3. The van der Waals surface area contributed by atoms with Crippen molar-refractivity contribution < 1.29 is 0 Å². The molecule has 0 fully saturated rings. The molecule has 0 amide bonds. The molecule has 5 heteroatoms. The van der Waals surface area contributed by atoms with Crippen LogP contribution in [0.4, 0.5) is 5.95 Å². The van der Waals surface area contributed by atoms with Crippen molar-refractivity contribution >= 4 is 71.1 Å². The summed E-state index contributed by atoms with van der Waals surface area (Å²) in [4.78, 5) is 16.7. The van der Waals surface area contributed by atoms with Gasteiger partial charge in [0.2, 0.25) is 5.95 Å². The molecule has 0 aliphatic rings. The number of benzene rings is 6. The summed E-state index contributed by atoms with van der Waals surface area (Å²) < 4.78 is 0. The van der Waals surface area contributed by atoms with Gasteiger partial charge in [-0.3, -0.25) is 0 Å². The van der Waals surface area contributed by atoms with Crippen molar-refractivity contribution in [2.45, 2.75) is 19.8 Å². The van der Waals surface area contributed by atoms with E-state index in [4.69, 9.17) is 9.97 Å². The van der Waals surface area contributed by atoms with Crippen LogP contribution < -0.4 is 5.32 Å². The Morgan fingerprint density at radius 3 is 2.13 bits per heavy atom. The predicted molar refractivity (Wildman–Crippen MR) is 165 cm³/mol. The van der Waals surface area contributed by atoms with Crippen molar-refractivity contribution in [3.63, 3.8) is 0 Å². The molecule has 8 aromatic rings. The molecule has 0 spiro atoms. The summed E-state index contributed by atoms with van der Waals surface area (Å²) in [5.41, 5.74) is 6.63. The van der Waals surface area contributed by atoms with Crippen molar-refractivity contribution in [2.24, 2.45) is 0 Å². The van der Waals surface area contributed by atoms with Gasteiger partial charge in [0.05, 0.1) is 22.1 Å². The van der Waals surface area contributed by atoms with Gasteiger partial charge >= 0.3 is 0 Å². The molecule has 188 valence electrons. The summed E-state index contributed by atoms with van der Waals surface area (Å²) in [7, 11) is 1.88. The maximum atomic E-state index is 4.99. The average molecular weight is 506 g/mol. The van der Waals surface area contributed by atoms with Crippen LogP contribution in [0.15, 0.2) is 84.9 Å². The lowest BCUT2D eigenvalue weighted by Gasteiger charge is -2.11. The van der Waals surface area contributed by atoms with Gasteiger partial charge in [-0.05, 0) is 56.3 Å². The topological polar surface area (TPSA) is 69.4 Å². The molecular weight excluding hydrogens is 478 g/mol. The minimum atomic E-state index is 0.341. The molecule has 39 heavy (non-hydrogen) atoms. The van der Waals surface area contributed by atoms with Crippen LogP contribution in [-0.4, -0.2) is 27.0 Å². The largest absolute Gasteiger partial charge is 0.359 e. The molecule has 3 N–H and O–H groups in total. The van der Waals surface area contributed by atoms with Crippen LogP contribution in [0.5, 0.6) is 0 Å². The first-order valence-corrected chi connectivity index (χ1v) is 13.5. The first-order chi connectivity index (χ1) is 19.1. The molecule has 0 saturated heterocycles. The van der Waals surface area contributed by atoms with E-state index in [0.717, 1.165) is 39.2 Å². The summed E-state index contributed by atoms with van der Waals surface area (Å²) in [5, 5.41) is 12.8. The zero-order valence-electron chi connectivity index (χ0n) is 22.1. The third kappa shape index (κ3) is 3.20. The number of hydrogen-bond donors (Lipinski definition) is 3. The second-order valence-electron chi connectivity index (χ2n) is 10.7. The number of hydrogen-bond acceptors (Lipinski definition) is 3. The lowest BCUT2D eigenvalue weighted by molar-refractivity contribution is 0.799. The van der Waals surface area contributed by atoms with Crippen molar-refractivity contribution in [2.75, 3.05) is 12.4 Å². The minimum absolute atomic E-state index is 0.341. The first-order valence-electron chi connectivity index (χ1n) is 13.5. The lowest BCUT2D eigenvalue weighted by atomic mass is 9.94. The van der Waals surface area contributed by atoms with E-state index in [2.05, 4.69) is 114 Å². The van der Waals surface area contributed by atoms with Crippen LogP contribution in [0.2, 0.25) is 0 Å². The van der Waals surface area contributed by atoms with Gasteiger partial charge in [-0.2, -0.15) is 0 Å². The van der Waals surface area contributed by atoms with E-state index in [1.165, 1.54) is 48.8 Å². The average Bonchev–Trinajstić information content (AvgIpc) is 3.62. The Morgan fingerprint density at radius 2 is 1.31 bits per heavy atom. The Kier molecular flexibility index (Phi) is 4.56. The van der Waals surface area contributed by atoms with Crippen LogP contribution >= 0.6 is 0 Å². The quantitative estimate of drug-likeness (QED) is 0.210. The van der Waals surface area contributed by atoms with Gasteiger partial charge in [-0.25, -0.2) is 9.97 Å². The highest BCUT2D eigenvalue weighted by Crippen LogP contribution is 2.38. The van der Waals surface area contributed by atoms with Crippen molar-refractivity contribution in [1.82, 2.24) is 19.9 Å². The lowest BCUT2D eigenvalue weighted by Crippen LogP contribution is -1.88. The highest BCUT2D eigenvalue weighted by atomic mass is 15.1. The van der Waals surface area contributed by atoms with Gasteiger partial charge in [0.25, 0.3) is 0 Å². The third-order valence-corrected chi connectivity index (χ3v) is 8.07. The van der Waals surface area contributed by atoms with Gasteiger partial charge < -0.3 is 15.3 Å². The molecule has 5 nitrogen and oxygen atoms in total. The van der Waals surface area contributed by atoms with E-state index < -0.39 is 0 Å². The highest BCUT2D eigenvalue weighted by molar-refractivity contribution is 6.24. The Hall–Kier alpha value is -4.90. The van der Waals surface area contributed by atoms with Gasteiger partial charge in [0, 0.05) is 29.1 Å². The molecule has 8 rings (SSSR count). The number of imidazole rings is 2. The molecule has 0 radical (unpaired) electrons. The third-order valence-electron chi connectivity index (χ3n) is 8.07. The maximum absolute atomic E-state index is 4.99. The van der Waals surface area contributed by atoms with E-state index in [1.54, 1.807) is 0 Å². The monoisotopic (exact) mass is 505 g/mol. The van der Waals surface area contributed by atoms with Crippen LogP contribution in [0.1, 0.15) is 25.6 Å². The summed E-state index contributed by atoms with van der Waals surface area (Å²) in [6.45, 7) is 4.36. The van der Waals surface area contributed by atoms with Crippen LogP contribution in [0.25, 0.3) is 76.3 Å². The molecule has 6 aromatic carbocycles. The molecular formula is C34H27N5. The standard InChI is InChI=1S/C34H27N5/c1-18(2)33-37-31-25-7-5-4-6-23(25)28-17-20(9-12-27(28)32(31)38-33)19-8-11-22-21(16-19)10-13-26-24(22)14-15-29-30(26)39-34(35-3)36-29/h4-18H,1-3H3,(H,37,38)(H2,35,36,39). The van der Waals surface area contributed by atoms with Crippen LogP contribution in [0, 0.1) is 0 Å². The Labute approximate surface area is 224 Å². The van der Waals surface area contributed by atoms with Gasteiger partial charge in [0.15, 0.2) is 0 Å². The molecule has 0 aliphatic carbocycles. The number of fused-ring (bicyclic) bond motifs is 11. The Morgan fingerprint density at radius 1 is 0.615 bits per heavy atom. The van der Waals surface area contributed by atoms with Crippen LogP contribution in [-0.2, 0) is 0 Å². The highest BCUT2D eigenvalue weighted by Gasteiger charge is 2.15. The molecule has 0 unspecified atom stereocenters. The van der Waals surface area contributed by atoms with E-state index in [-0.39, 0.29) is 0 Å².